The normalized spacial score (nSPS) is 12.4. The van der Waals surface area contributed by atoms with Crippen molar-refractivity contribution < 1.29 is 17.9 Å². The van der Waals surface area contributed by atoms with Crippen LogP contribution in [0.3, 0.4) is 0 Å². The first kappa shape index (κ1) is 9.33. The maximum atomic E-state index is 11.3. The lowest BCUT2D eigenvalue weighted by molar-refractivity contribution is -0.0816. The molecule has 0 aliphatic carbocycles. The minimum absolute atomic E-state index is 0.0721. The Balaban J connectivity index is 3.37. The predicted octanol–water partition coefficient (Wildman–Crippen LogP) is 2.49. The van der Waals surface area contributed by atoms with E-state index in [9.17, 15) is 13.2 Å². The van der Waals surface area contributed by atoms with Crippen LogP contribution in [0.25, 0.3) is 0 Å². The maximum Gasteiger partial charge on any atom is 0.412 e. The van der Waals surface area contributed by atoms with Crippen molar-refractivity contribution in [1.82, 2.24) is 0 Å². The molecule has 0 amide bonds. The zero-order valence-corrected chi connectivity index (χ0v) is 5.61. The summed E-state index contributed by atoms with van der Waals surface area (Å²) in [6, 6.07) is 0. The molecule has 0 saturated heterocycles. The van der Waals surface area contributed by atoms with Gasteiger partial charge in [-0.25, -0.2) is 0 Å². The summed E-state index contributed by atoms with van der Waals surface area (Å²) in [5.41, 5.74) is 0. The average molecular weight is 154 g/mol. The van der Waals surface area contributed by atoms with Crippen molar-refractivity contribution in [3.05, 3.63) is 12.3 Å². The van der Waals surface area contributed by atoms with Gasteiger partial charge in [-0.2, -0.15) is 13.2 Å². The van der Waals surface area contributed by atoms with Gasteiger partial charge < -0.3 is 4.74 Å². The first-order valence-corrected chi connectivity index (χ1v) is 2.92. The van der Waals surface area contributed by atoms with E-state index in [-0.39, 0.29) is 6.08 Å². The van der Waals surface area contributed by atoms with Crippen LogP contribution in [0.15, 0.2) is 12.3 Å². The van der Waals surface area contributed by atoms with Gasteiger partial charge in [0.2, 0.25) is 0 Å². The first-order chi connectivity index (χ1) is 4.56. The summed E-state index contributed by atoms with van der Waals surface area (Å²) in [6.07, 6.45) is -2.80. The molecule has 0 fully saturated rings. The summed E-state index contributed by atoms with van der Waals surface area (Å²) in [5, 5.41) is 0. The lowest BCUT2D eigenvalue weighted by Crippen LogP contribution is -2.01. The minimum atomic E-state index is -4.26. The first-order valence-electron chi connectivity index (χ1n) is 2.92. The third-order valence-corrected chi connectivity index (χ3v) is 0.675. The number of allylic oxidation sites excluding steroid dienone is 1. The molecule has 0 N–H and O–H groups in total. The predicted molar refractivity (Wildman–Crippen MR) is 31.4 cm³/mol. The SMILES string of the molecule is CCCO/C=C\C(F)(F)F. The summed E-state index contributed by atoms with van der Waals surface area (Å²) in [7, 11) is 0. The Hall–Kier alpha value is -0.670. The summed E-state index contributed by atoms with van der Waals surface area (Å²) >= 11 is 0. The van der Waals surface area contributed by atoms with E-state index >= 15 is 0 Å². The fraction of sp³-hybridized carbons (Fsp3) is 0.667. The molecule has 0 radical (unpaired) electrons. The highest BCUT2D eigenvalue weighted by Gasteiger charge is 2.22. The smallest absolute Gasteiger partial charge is 0.412 e. The standard InChI is InChI=1S/C6H9F3O/c1-2-4-10-5-3-6(7,8)9/h3,5H,2,4H2,1H3/b5-3-. The van der Waals surface area contributed by atoms with E-state index in [4.69, 9.17) is 0 Å². The molecule has 1 nitrogen and oxygen atoms in total. The van der Waals surface area contributed by atoms with Crippen LogP contribution in [0.1, 0.15) is 13.3 Å². The Morgan fingerprint density at radius 2 is 2.00 bits per heavy atom. The summed E-state index contributed by atoms with van der Waals surface area (Å²) in [6.45, 7) is 2.15. The highest BCUT2D eigenvalue weighted by atomic mass is 19.4. The van der Waals surface area contributed by atoms with Crippen LogP contribution in [0.4, 0.5) is 13.2 Å². The van der Waals surface area contributed by atoms with Crippen LogP contribution in [-0.4, -0.2) is 12.8 Å². The van der Waals surface area contributed by atoms with Gasteiger partial charge in [0.15, 0.2) is 0 Å². The van der Waals surface area contributed by atoms with Crippen LogP contribution in [-0.2, 0) is 4.74 Å². The van der Waals surface area contributed by atoms with Gasteiger partial charge in [0.05, 0.1) is 18.9 Å². The summed E-state index contributed by atoms with van der Waals surface area (Å²) in [5.74, 6) is 0. The van der Waals surface area contributed by atoms with Crippen molar-refractivity contribution in [1.29, 1.82) is 0 Å². The molecule has 0 aromatic carbocycles. The fourth-order valence-corrected chi connectivity index (χ4v) is 0.311. The highest BCUT2D eigenvalue weighted by Crippen LogP contribution is 2.15. The molecule has 0 atom stereocenters. The van der Waals surface area contributed by atoms with E-state index in [0.717, 1.165) is 0 Å². The van der Waals surface area contributed by atoms with Crippen LogP contribution < -0.4 is 0 Å². The number of halogens is 3. The van der Waals surface area contributed by atoms with Crippen molar-refractivity contribution in [2.45, 2.75) is 19.5 Å². The monoisotopic (exact) mass is 154 g/mol. The van der Waals surface area contributed by atoms with Gasteiger partial charge in [-0.05, 0) is 6.42 Å². The molecule has 0 aromatic heterocycles. The van der Waals surface area contributed by atoms with Crippen LogP contribution in [0.2, 0.25) is 0 Å². The average Bonchev–Trinajstić information content (AvgIpc) is 1.78. The Morgan fingerprint density at radius 1 is 1.40 bits per heavy atom. The van der Waals surface area contributed by atoms with E-state index in [2.05, 4.69) is 4.74 Å². The zero-order chi connectivity index (χ0) is 8.04. The van der Waals surface area contributed by atoms with Gasteiger partial charge in [0.1, 0.15) is 0 Å². The molecule has 0 saturated carbocycles. The number of ether oxygens (including phenoxy) is 1. The van der Waals surface area contributed by atoms with Gasteiger partial charge in [-0.1, -0.05) is 6.92 Å². The molecule has 0 bridgehead atoms. The maximum absolute atomic E-state index is 11.3. The molecule has 10 heavy (non-hydrogen) atoms. The summed E-state index contributed by atoms with van der Waals surface area (Å²) in [4.78, 5) is 0. The second kappa shape index (κ2) is 4.19. The number of hydrogen-bond acceptors (Lipinski definition) is 1. The van der Waals surface area contributed by atoms with Gasteiger partial charge >= 0.3 is 6.18 Å². The highest BCUT2D eigenvalue weighted by molar-refractivity contribution is 4.82. The molecule has 0 aliphatic heterocycles. The van der Waals surface area contributed by atoms with Gasteiger partial charge in [0.25, 0.3) is 0 Å². The quantitative estimate of drug-likeness (QED) is 0.448. The van der Waals surface area contributed by atoms with Gasteiger partial charge in [-0.15, -0.1) is 0 Å². The topological polar surface area (TPSA) is 9.23 Å². The Morgan fingerprint density at radius 3 is 2.40 bits per heavy atom. The van der Waals surface area contributed by atoms with Crippen molar-refractivity contribution >= 4 is 0 Å². The lowest BCUT2D eigenvalue weighted by Gasteiger charge is -1.98. The molecule has 0 aromatic rings. The lowest BCUT2D eigenvalue weighted by atomic mass is 10.5. The van der Waals surface area contributed by atoms with Crippen molar-refractivity contribution in [2.24, 2.45) is 0 Å². The molecule has 4 heteroatoms. The molecule has 0 aliphatic rings. The van der Waals surface area contributed by atoms with Gasteiger partial charge in [-0.3, -0.25) is 0 Å². The molecular weight excluding hydrogens is 145 g/mol. The zero-order valence-electron chi connectivity index (χ0n) is 5.61. The fourth-order valence-electron chi connectivity index (χ4n) is 0.311. The molecule has 60 valence electrons. The van der Waals surface area contributed by atoms with Crippen LogP contribution >= 0.6 is 0 Å². The molecule has 0 rings (SSSR count). The summed E-state index contributed by atoms with van der Waals surface area (Å²) < 4.78 is 38.4. The van der Waals surface area contributed by atoms with E-state index in [0.29, 0.717) is 19.3 Å². The third kappa shape index (κ3) is 7.33. The van der Waals surface area contributed by atoms with Crippen molar-refractivity contribution in [3.63, 3.8) is 0 Å². The van der Waals surface area contributed by atoms with Crippen molar-refractivity contribution in [2.75, 3.05) is 6.61 Å². The molecule has 0 heterocycles. The largest absolute Gasteiger partial charge is 0.501 e. The number of alkyl halides is 3. The van der Waals surface area contributed by atoms with Crippen molar-refractivity contribution in [3.8, 4) is 0 Å². The van der Waals surface area contributed by atoms with Crippen LogP contribution in [0.5, 0.6) is 0 Å². The van der Waals surface area contributed by atoms with Crippen LogP contribution in [0, 0.1) is 0 Å². The Bertz CT molecular complexity index is 106. The van der Waals surface area contributed by atoms with E-state index in [1.54, 1.807) is 0 Å². The molecule has 0 unspecified atom stereocenters. The number of hydrogen-bond donors (Lipinski definition) is 0. The Labute approximate surface area is 57.5 Å². The van der Waals surface area contributed by atoms with Gasteiger partial charge in [0, 0.05) is 0 Å². The Kier molecular flexibility index (Phi) is 3.91. The number of rotatable bonds is 3. The van der Waals surface area contributed by atoms with E-state index < -0.39 is 6.18 Å². The molecule has 0 spiro atoms. The minimum Gasteiger partial charge on any atom is -0.501 e. The molecular formula is C6H9F3O. The van der Waals surface area contributed by atoms with E-state index in [1.807, 2.05) is 6.92 Å². The second-order valence-electron chi connectivity index (χ2n) is 1.72. The third-order valence-electron chi connectivity index (χ3n) is 0.675. The van der Waals surface area contributed by atoms with E-state index in [1.165, 1.54) is 0 Å². The second-order valence-corrected chi connectivity index (χ2v) is 1.72.